The van der Waals surface area contributed by atoms with Gasteiger partial charge in [-0.1, -0.05) is 20.8 Å². The van der Waals surface area contributed by atoms with Gasteiger partial charge in [-0.05, 0) is 18.9 Å². The van der Waals surface area contributed by atoms with Crippen LogP contribution >= 0.6 is 0 Å². The van der Waals surface area contributed by atoms with E-state index in [2.05, 4.69) is 0 Å². The molecular weight excluding hydrogens is 208 g/mol. The lowest BCUT2D eigenvalue weighted by atomic mass is 9.74. The van der Waals surface area contributed by atoms with Crippen LogP contribution in [0.15, 0.2) is 11.8 Å². The van der Waals surface area contributed by atoms with Crippen LogP contribution in [0, 0.1) is 5.41 Å². The average Bonchev–Trinajstić information content (AvgIpc) is 2.67. The van der Waals surface area contributed by atoms with Crippen LogP contribution in [0.3, 0.4) is 0 Å². The zero-order chi connectivity index (χ0) is 12.4. The first kappa shape index (κ1) is 13.2. The molecular formula is C12H20O4. The Morgan fingerprint density at radius 3 is 2.62 bits per heavy atom. The summed E-state index contributed by atoms with van der Waals surface area (Å²) in [5, 5.41) is 19.8. The lowest BCUT2D eigenvalue weighted by Crippen LogP contribution is -2.50. The normalized spacial score (nSPS) is 32.8. The Labute approximate surface area is 95.9 Å². The van der Waals surface area contributed by atoms with Crippen LogP contribution in [0.4, 0.5) is 0 Å². The molecule has 92 valence electrons. The van der Waals surface area contributed by atoms with E-state index in [1.54, 1.807) is 0 Å². The van der Waals surface area contributed by atoms with Crippen molar-refractivity contribution in [3.8, 4) is 0 Å². The van der Waals surface area contributed by atoms with Crippen molar-refractivity contribution in [3.05, 3.63) is 11.8 Å². The molecule has 0 aromatic rings. The molecule has 4 heteroatoms. The van der Waals surface area contributed by atoms with Crippen molar-refractivity contribution in [2.24, 2.45) is 5.41 Å². The summed E-state index contributed by atoms with van der Waals surface area (Å²) in [6.07, 6.45) is 2.59. The molecule has 0 spiro atoms. The minimum atomic E-state index is -1.16. The molecule has 1 heterocycles. The van der Waals surface area contributed by atoms with E-state index in [9.17, 15) is 15.0 Å². The SMILES string of the molecule is CCC1(O)C=C(C=O)OC1C(C)(CC)CO. The van der Waals surface area contributed by atoms with Crippen molar-refractivity contribution in [3.63, 3.8) is 0 Å². The number of aliphatic hydroxyl groups is 2. The maximum atomic E-state index is 10.7. The van der Waals surface area contributed by atoms with Crippen molar-refractivity contribution >= 4 is 6.29 Å². The van der Waals surface area contributed by atoms with Gasteiger partial charge in [-0.25, -0.2) is 0 Å². The van der Waals surface area contributed by atoms with E-state index in [-0.39, 0.29) is 12.4 Å². The molecule has 0 radical (unpaired) electrons. The second-order valence-electron chi connectivity index (χ2n) is 4.67. The van der Waals surface area contributed by atoms with Crippen molar-refractivity contribution in [2.75, 3.05) is 6.61 Å². The number of hydrogen-bond donors (Lipinski definition) is 2. The summed E-state index contributed by atoms with van der Waals surface area (Å²) in [4.78, 5) is 10.7. The topological polar surface area (TPSA) is 66.8 Å². The average molecular weight is 228 g/mol. The zero-order valence-corrected chi connectivity index (χ0v) is 10.1. The molecule has 0 saturated carbocycles. The van der Waals surface area contributed by atoms with Crippen LogP contribution < -0.4 is 0 Å². The van der Waals surface area contributed by atoms with Crippen molar-refractivity contribution in [2.45, 2.75) is 45.3 Å². The number of carbonyl (C=O) groups excluding carboxylic acids is 1. The van der Waals surface area contributed by atoms with Gasteiger partial charge in [0, 0.05) is 5.41 Å². The number of allylic oxidation sites excluding steroid dienone is 1. The zero-order valence-electron chi connectivity index (χ0n) is 10.1. The minimum Gasteiger partial charge on any atom is -0.483 e. The van der Waals surface area contributed by atoms with Gasteiger partial charge in [0.05, 0.1) is 6.61 Å². The molecule has 0 aromatic carbocycles. The highest BCUT2D eigenvalue weighted by molar-refractivity contribution is 5.71. The van der Waals surface area contributed by atoms with E-state index in [1.807, 2.05) is 20.8 Å². The van der Waals surface area contributed by atoms with E-state index >= 15 is 0 Å². The Bertz CT molecular complexity index is 293. The number of rotatable bonds is 5. The minimum absolute atomic E-state index is 0.0869. The molecule has 3 unspecified atom stereocenters. The predicted molar refractivity (Wildman–Crippen MR) is 59.7 cm³/mol. The van der Waals surface area contributed by atoms with Crippen molar-refractivity contribution in [1.82, 2.24) is 0 Å². The lowest BCUT2D eigenvalue weighted by molar-refractivity contribution is -0.122. The van der Waals surface area contributed by atoms with Crippen LogP contribution in [0.2, 0.25) is 0 Å². The fourth-order valence-corrected chi connectivity index (χ4v) is 2.07. The highest BCUT2D eigenvalue weighted by Crippen LogP contribution is 2.42. The molecule has 2 N–H and O–H groups in total. The van der Waals surface area contributed by atoms with Crippen LogP contribution in [0.1, 0.15) is 33.6 Å². The Morgan fingerprint density at radius 1 is 1.62 bits per heavy atom. The van der Waals surface area contributed by atoms with E-state index < -0.39 is 17.1 Å². The number of aldehydes is 1. The predicted octanol–water partition coefficient (Wildman–Crippen LogP) is 1.02. The van der Waals surface area contributed by atoms with Gasteiger partial charge in [0.2, 0.25) is 0 Å². The van der Waals surface area contributed by atoms with Gasteiger partial charge in [-0.15, -0.1) is 0 Å². The molecule has 1 rings (SSSR count). The molecule has 1 aliphatic rings. The van der Waals surface area contributed by atoms with Crippen LogP contribution in [-0.4, -0.2) is 34.8 Å². The summed E-state index contributed by atoms with van der Waals surface area (Å²) >= 11 is 0. The molecule has 16 heavy (non-hydrogen) atoms. The third-order valence-electron chi connectivity index (χ3n) is 3.58. The van der Waals surface area contributed by atoms with Crippen LogP contribution in [-0.2, 0) is 9.53 Å². The van der Waals surface area contributed by atoms with Gasteiger partial charge in [0.25, 0.3) is 0 Å². The number of carbonyl (C=O) groups is 1. The summed E-state index contributed by atoms with van der Waals surface area (Å²) < 4.78 is 5.45. The summed E-state index contributed by atoms with van der Waals surface area (Å²) in [6, 6.07) is 0. The Morgan fingerprint density at radius 2 is 2.25 bits per heavy atom. The molecule has 1 aliphatic heterocycles. The van der Waals surface area contributed by atoms with Crippen molar-refractivity contribution in [1.29, 1.82) is 0 Å². The Balaban J connectivity index is 3.03. The third-order valence-corrected chi connectivity index (χ3v) is 3.58. The smallest absolute Gasteiger partial charge is 0.184 e. The maximum Gasteiger partial charge on any atom is 0.184 e. The number of hydrogen-bond acceptors (Lipinski definition) is 4. The van der Waals surface area contributed by atoms with Crippen molar-refractivity contribution < 1.29 is 19.7 Å². The number of ether oxygens (including phenoxy) is 1. The Kier molecular flexibility index (Phi) is 3.76. The first-order valence-electron chi connectivity index (χ1n) is 5.63. The van der Waals surface area contributed by atoms with E-state index in [0.29, 0.717) is 19.1 Å². The summed E-state index contributed by atoms with van der Waals surface area (Å²) in [7, 11) is 0. The lowest BCUT2D eigenvalue weighted by Gasteiger charge is -2.39. The highest BCUT2D eigenvalue weighted by atomic mass is 16.5. The molecule has 0 bridgehead atoms. The van der Waals surface area contributed by atoms with Gasteiger partial charge < -0.3 is 14.9 Å². The van der Waals surface area contributed by atoms with E-state index in [0.717, 1.165) is 0 Å². The van der Waals surface area contributed by atoms with Gasteiger partial charge in [-0.3, -0.25) is 4.79 Å². The van der Waals surface area contributed by atoms with Gasteiger partial charge >= 0.3 is 0 Å². The number of aliphatic hydroxyl groups excluding tert-OH is 1. The van der Waals surface area contributed by atoms with Gasteiger partial charge in [-0.2, -0.15) is 0 Å². The van der Waals surface area contributed by atoms with Gasteiger partial charge in [0.15, 0.2) is 12.0 Å². The molecule has 0 saturated heterocycles. The molecule has 0 aromatic heterocycles. The van der Waals surface area contributed by atoms with E-state index in [1.165, 1.54) is 6.08 Å². The van der Waals surface area contributed by atoms with E-state index in [4.69, 9.17) is 4.74 Å². The largest absolute Gasteiger partial charge is 0.483 e. The Hall–Kier alpha value is -0.870. The molecule has 0 fully saturated rings. The second kappa shape index (κ2) is 4.55. The quantitative estimate of drug-likeness (QED) is 0.689. The fourth-order valence-electron chi connectivity index (χ4n) is 2.07. The molecule has 3 atom stereocenters. The standard InChI is InChI=1S/C12H20O4/c1-4-11(3,8-14)10-12(15,5-2)6-9(7-13)16-10/h6-7,10,14-15H,4-5,8H2,1-3H3. The first-order chi connectivity index (χ1) is 7.45. The first-order valence-corrected chi connectivity index (χ1v) is 5.63. The monoisotopic (exact) mass is 228 g/mol. The fraction of sp³-hybridized carbons (Fsp3) is 0.750. The second-order valence-corrected chi connectivity index (χ2v) is 4.67. The van der Waals surface area contributed by atoms with Crippen LogP contribution in [0.5, 0.6) is 0 Å². The summed E-state index contributed by atoms with van der Waals surface area (Å²) in [6.45, 7) is 5.51. The maximum absolute atomic E-state index is 10.7. The third kappa shape index (κ3) is 1.99. The molecule has 0 amide bonds. The van der Waals surface area contributed by atoms with Gasteiger partial charge in [0.1, 0.15) is 11.7 Å². The highest BCUT2D eigenvalue weighted by Gasteiger charge is 2.50. The molecule has 0 aliphatic carbocycles. The molecule has 4 nitrogen and oxygen atoms in total. The summed E-state index contributed by atoms with van der Waals surface area (Å²) in [5.41, 5.74) is -1.71. The van der Waals surface area contributed by atoms with Crippen LogP contribution in [0.25, 0.3) is 0 Å². The summed E-state index contributed by atoms with van der Waals surface area (Å²) in [5.74, 6) is 0.155.